The molecule has 0 aliphatic heterocycles. The number of halogens is 2. The maximum Gasteiger partial charge on any atom is 0.159 e. The maximum atomic E-state index is 13.1. The molecule has 0 amide bonds. The van der Waals surface area contributed by atoms with Gasteiger partial charge in [0.2, 0.25) is 0 Å². The van der Waals surface area contributed by atoms with Crippen molar-refractivity contribution in [2.45, 2.75) is 13.0 Å². The summed E-state index contributed by atoms with van der Waals surface area (Å²) in [5.41, 5.74) is 6.18. The zero-order valence-corrected chi connectivity index (χ0v) is 11.7. The van der Waals surface area contributed by atoms with Crippen LogP contribution >= 0.6 is 12.2 Å². The quantitative estimate of drug-likeness (QED) is 0.743. The van der Waals surface area contributed by atoms with Gasteiger partial charge < -0.3 is 10.5 Å². The molecular formula is C13H18F2N2OS. The minimum atomic E-state index is -0.838. The van der Waals surface area contributed by atoms with Crippen LogP contribution in [0.15, 0.2) is 18.2 Å². The molecule has 1 rings (SSSR count). The highest BCUT2D eigenvalue weighted by Gasteiger charge is 2.09. The first-order valence-corrected chi connectivity index (χ1v) is 6.37. The first kappa shape index (κ1) is 15.9. The van der Waals surface area contributed by atoms with E-state index >= 15 is 0 Å². The maximum absolute atomic E-state index is 13.1. The standard InChI is InChI=1S/C13H18F2N2OS/c1-18-7-6-17(5-4-13(16)19)9-10-2-3-11(14)12(15)8-10/h2-3,8H,4-7,9H2,1H3,(H2,16,19). The van der Waals surface area contributed by atoms with E-state index in [1.165, 1.54) is 6.07 Å². The Kier molecular flexibility index (Phi) is 6.83. The van der Waals surface area contributed by atoms with Crippen molar-refractivity contribution < 1.29 is 13.5 Å². The molecular weight excluding hydrogens is 270 g/mol. The number of benzene rings is 1. The van der Waals surface area contributed by atoms with Gasteiger partial charge in [-0.25, -0.2) is 8.78 Å². The largest absolute Gasteiger partial charge is 0.393 e. The number of hydrogen-bond acceptors (Lipinski definition) is 3. The van der Waals surface area contributed by atoms with Crippen molar-refractivity contribution in [3.63, 3.8) is 0 Å². The Balaban J connectivity index is 2.63. The van der Waals surface area contributed by atoms with Gasteiger partial charge in [-0.15, -0.1) is 0 Å². The lowest BCUT2D eigenvalue weighted by Gasteiger charge is -2.21. The van der Waals surface area contributed by atoms with Gasteiger partial charge in [-0.1, -0.05) is 18.3 Å². The monoisotopic (exact) mass is 288 g/mol. The molecule has 2 N–H and O–H groups in total. The molecule has 3 nitrogen and oxygen atoms in total. The van der Waals surface area contributed by atoms with Crippen LogP contribution in [0.4, 0.5) is 8.78 Å². The molecule has 0 bridgehead atoms. The topological polar surface area (TPSA) is 38.5 Å². The predicted octanol–water partition coefficient (Wildman–Crippen LogP) is 2.09. The Bertz CT molecular complexity index is 429. The molecule has 0 saturated carbocycles. The molecule has 6 heteroatoms. The normalized spacial score (nSPS) is 10.9. The predicted molar refractivity (Wildman–Crippen MR) is 74.9 cm³/mol. The third-order valence-corrected chi connectivity index (χ3v) is 2.88. The number of ether oxygens (including phenoxy) is 1. The third kappa shape index (κ3) is 6.04. The van der Waals surface area contributed by atoms with E-state index in [9.17, 15) is 8.78 Å². The van der Waals surface area contributed by atoms with Crippen LogP contribution in [-0.2, 0) is 11.3 Å². The van der Waals surface area contributed by atoms with Gasteiger partial charge in [-0.05, 0) is 17.7 Å². The van der Waals surface area contributed by atoms with E-state index in [2.05, 4.69) is 0 Å². The molecule has 0 heterocycles. The SMILES string of the molecule is COCCN(CCC(N)=S)Cc1ccc(F)c(F)c1. The molecule has 0 aromatic heterocycles. The van der Waals surface area contributed by atoms with Crippen molar-refractivity contribution >= 4 is 17.2 Å². The molecule has 19 heavy (non-hydrogen) atoms. The summed E-state index contributed by atoms with van der Waals surface area (Å²) in [5.74, 6) is -1.67. The van der Waals surface area contributed by atoms with Crippen LogP contribution in [0.1, 0.15) is 12.0 Å². The second kappa shape index (κ2) is 8.14. The zero-order chi connectivity index (χ0) is 14.3. The summed E-state index contributed by atoms with van der Waals surface area (Å²) in [5, 5.41) is 0. The second-order valence-electron chi connectivity index (χ2n) is 4.23. The van der Waals surface area contributed by atoms with Crippen LogP contribution in [-0.4, -0.2) is 36.7 Å². The van der Waals surface area contributed by atoms with Crippen molar-refractivity contribution in [1.82, 2.24) is 4.90 Å². The van der Waals surface area contributed by atoms with E-state index in [1.807, 2.05) is 4.90 Å². The first-order valence-electron chi connectivity index (χ1n) is 5.96. The van der Waals surface area contributed by atoms with Gasteiger partial charge >= 0.3 is 0 Å². The molecule has 0 aliphatic rings. The molecule has 0 fully saturated rings. The van der Waals surface area contributed by atoms with E-state index in [0.717, 1.165) is 6.07 Å². The van der Waals surface area contributed by atoms with Gasteiger partial charge in [-0.2, -0.15) is 0 Å². The van der Waals surface area contributed by atoms with Crippen LogP contribution in [0, 0.1) is 11.6 Å². The summed E-state index contributed by atoms with van der Waals surface area (Å²) < 4.78 is 31.0. The van der Waals surface area contributed by atoms with Gasteiger partial charge in [-0.3, -0.25) is 4.90 Å². The summed E-state index contributed by atoms with van der Waals surface area (Å²) >= 11 is 4.84. The number of nitrogens with zero attached hydrogens (tertiary/aromatic N) is 1. The molecule has 0 atom stereocenters. The number of methoxy groups -OCH3 is 1. The van der Waals surface area contributed by atoms with E-state index in [4.69, 9.17) is 22.7 Å². The van der Waals surface area contributed by atoms with Crippen LogP contribution in [0.3, 0.4) is 0 Å². The van der Waals surface area contributed by atoms with Crippen LogP contribution in [0.25, 0.3) is 0 Å². The van der Waals surface area contributed by atoms with Gasteiger partial charge in [0.05, 0.1) is 11.6 Å². The Hall–Kier alpha value is -1.11. The highest BCUT2D eigenvalue weighted by atomic mass is 32.1. The van der Waals surface area contributed by atoms with Crippen molar-refractivity contribution in [2.75, 3.05) is 26.8 Å². The highest BCUT2D eigenvalue weighted by molar-refractivity contribution is 7.80. The van der Waals surface area contributed by atoms with E-state index in [-0.39, 0.29) is 0 Å². The van der Waals surface area contributed by atoms with E-state index < -0.39 is 11.6 Å². The smallest absolute Gasteiger partial charge is 0.159 e. The molecule has 1 aromatic rings. The highest BCUT2D eigenvalue weighted by Crippen LogP contribution is 2.11. The fourth-order valence-electron chi connectivity index (χ4n) is 1.65. The van der Waals surface area contributed by atoms with Gasteiger partial charge in [0, 0.05) is 33.2 Å². The fourth-order valence-corrected chi connectivity index (χ4v) is 1.75. The number of thiocarbonyl (C=S) groups is 1. The third-order valence-electron chi connectivity index (χ3n) is 2.68. The van der Waals surface area contributed by atoms with E-state index in [0.29, 0.717) is 43.2 Å². The molecule has 0 saturated heterocycles. The summed E-state index contributed by atoms with van der Waals surface area (Å²) in [4.78, 5) is 2.47. The lowest BCUT2D eigenvalue weighted by molar-refractivity contribution is 0.146. The number of nitrogens with two attached hydrogens (primary N) is 1. The molecule has 0 unspecified atom stereocenters. The van der Waals surface area contributed by atoms with Crippen LogP contribution in [0.5, 0.6) is 0 Å². The average Bonchev–Trinajstić information content (AvgIpc) is 2.37. The van der Waals surface area contributed by atoms with Crippen molar-refractivity contribution in [3.8, 4) is 0 Å². The summed E-state index contributed by atoms with van der Waals surface area (Å²) in [6.45, 7) is 2.40. The minimum Gasteiger partial charge on any atom is -0.393 e. The van der Waals surface area contributed by atoms with Crippen molar-refractivity contribution in [2.24, 2.45) is 5.73 Å². The minimum absolute atomic E-state index is 0.438. The Morgan fingerprint density at radius 2 is 2.05 bits per heavy atom. The van der Waals surface area contributed by atoms with Gasteiger partial charge in [0.25, 0.3) is 0 Å². The van der Waals surface area contributed by atoms with Gasteiger partial charge in [0.1, 0.15) is 0 Å². The first-order chi connectivity index (χ1) is 9.02. The molecule has 0 spiro atoms. The fraction of sp³-hybridized carbons (Fsp3) is 0.462. The Morgan fingerprint density at radius 1 is 1.32 bits per heavy atom. The number of hydrogen-bond donors (Lipinski definition) is 1. The van der Waals surface area contributed by atoms with Crippen LogP contribution in [0.2, 0.25) is 0 Å². The zero-order valence-electron chi connectivity index (χ0n) is 10.9. The lowest BCUT2D eigenvalue weighted by atomic mass is 10.2. The molecule has 106 valence electrons. The summed E-state index contributed by atoms with van der Waals surface area (Å²) in [7, 11) is 1.61. The number of rotatable bonds is 8. The van der Waals surface area contributed by atoms with Gasteiger partial charge in [0.15, 0.2) is 11.6 Å². The Morgan fingerprint density at radius 3 is 2.63 bits per heavy atom. The average molecular weight is 288 g/mol. The summed E-state index contributed by atoms with van der Waals surface area (Å²) in [6, 6.07) is 3.90. The Labute approximate surface area is 117 Å². The lowest BCUT2D eigenvalue weighted by Crippen LogP contribution is -2.30. The second-order valence-corrected chi connectivity index (χ2v) is 4.76. The van der Waals surface area contributed by atoms with E-state index in [1.54, 1.807) is 13.2 Å². The van der Waals surface area contributed by atoms with Crippen LogP contribution < -0.4 is 5.73 Å². The molecule has 1 aromatic carbocycles. The molecule has 0 aliphatic carbocycles. The molecule has 0 radical (unpaired) electrons. The summed E-state index contributed by atoms with van der Waals surface area (Å²) in [6.07, 6.45) is 0.586. The van der Waals surface area contributed by atoms with Crippen molar-refractivity contribution in [3.05, 3.63) is 35.4 Å². The van der Waals surface area contributed by atoms with Crippen molar-refractivity contribution in [1.29, 1.82) is 0 Å².